The lowest BCUT2D eigenvalue weighted by Crippen LogP contribution is -2.46. The van der Waals surface area contributed by atoms with Gasteiger partial charge in [-0.2, -0.15) is 0 Å². The fraction of sp³-hybridized carbons (Fsp3) is 0.846. The summed E-state index contributed by atoms with van der Waals surface area (Å²) in [4.78, 5) is 25.1. The van der Waals surface area contributed by atoms with Crippen LogP contribution in [0.1, 0.15) is 46.5 Å². The SMILES string of the molecule is CC(C)N1C(=O)CC(NCC2(C)CCC2)C1=O. The molecule has 1 aliphatic carbocycles. The molecule has 2 rings (SSSR count). The molecule has 0 aromatic rings. The molecule has 1 heterocycles. The first-order chi connectivity index (χ1) is 7.93. The third kappa shape index (κ3) is 2.37. The zero-order chi connectivity index (χ0) is 12.6. The maximum absolute atomic E-state index is 12.0. The van der Waals surface area contributed by atoms with Crippen molar-refractivity contribution in [2.45, 2.75) is 58.5 Å². The Kier molecular flexibility index (Phi) is 3.25. The lowest BCUT2D eigenvalue weighted by molar-refractivity contribution is -0.140. The average Bonchev–Trinajstić information content (AvgIpc) is 2.48. The maximum atomic E-state index is 12.0. The predicted molar refractivity (Wildman–Crippen MR) is 65.4 cm³/mol. The van der Waals surface area contributed by atoms with Gasteiger partial charge in [0.25, 0.3) is 0 Å². The van der Waals surface area contributed by atoms with Gasteiger partial charge in [-0.3, -0.25) is 14.5 Å². The second-order valence-corrected chi connectivity index (χ2v) is 6.00. The minimum atomic E-state index is -0.290. The molecule has 96 valence electrons. The van der Waals surface area contributed by atoms with Crippen LogP contribution in [-0.4, -0.2) is 35.3 Å². The standard InChI is InChI=1S/C13H22N2O2/c1-9(2)15-11(16)7-10(12(15)17)14-8-13(3)5-4-6-13/h9-10,14H,4-8H2,1-3H3. The van der Waals surface area contributed by atoms with E-state index in [2.05, 4.69) is 12.2 Å². The number of nitrogens with zero attached hydrogens (tertiary/aromatic N) is 1. The van der Waals surface area contributed by atoms with E-state index in [-0.39, 0.29) is 23.9 Å². The van der Waals surface area contributed by atoms with E-state index in [4.69, 9.17) is 0 Å². The number of imide groups is 1. The van der Waals surface area contributed by atoms with Crippen molar-refractivity contribution in [3.63, 3.8) is 0 Å². The number of hydrogen-bond donors (Lipinski definition) is 1. The molecule has 0 aromatic heterocycles. The molecule has 4 heteroatoms. The molecule has 0 aromatic carbocycles. The Morgan fingerprint density at radius 3 is 2.47 bits per heavy atom. The van der Waals surface area contributed by atoms with Crippen LogP contribution in [0.3, 0.4) is 0 Å². The topological polar surface area (TPSA) is 49.4 Å². The number of carbonyl (C=O) groups excluding carboxylic acids is 2. The number of nitrogens with one attached hydrogen (secondary N) is 1. The minimum Gasteiger partial charge on any atom is -0.305 e. The molecule has 4 nitrogen and oxygen atoms in total. The lowest BCUT2D eigenvalue weighted by atomic mass is 9.70. The molecule has 0 spiro atoms. The Morgan fingerprint density at radius 1 is 1.41 bits per heavy atom. The first-order valence-electron chi connectivity index (χ1n) is 6.52. The van der Waals surface area contributed by atoms with Crippen LogP contribution < -0.4 is 5.32 Å². The number of carbonyl (C=O) groups is 2. The smallest absolute Gasteiger partial charge is 0.247 e. The van der Waals surface area contributed by atoms with Gasteiger partial charge in [0.15, 0.2) is 0 Å². The van der Waals surface area contributed by atoms with E-state index in [0.717, 1.165) is 6.54 Å². The molecule has 2 aliphatic rings. The van der Waals surface area contributed by atoms with E-state index in [1.807, 2.05) is 13.8 Å². The highest BCUT2D eigenvalue weighted by molar-refractivity contribution is 6.05. The number of likely N-dealkylation sites (tertiary alicyclic amines) is 1. The van der Waals surface area contributed by atoms with Crippen molar-refractivity contribution in [3.05, 3.63) is 0 Å². The molecule has 17 heavy (non-hydrogen) atoms. The van der Waals surface area contributed by atoms with Crippen LogP contribution in [-0.2, 0) is 9.59 Å². The second-order valence-electron chi connectivity index (χ2n) is 6.00. The van der Waals surface area contributed by atoms with Gasteiger partial charge in [0.2, 0.25) is 11.8 Å². The van der Waals surface area contributed by atoms with Crippen LogP contribution in [0, 0.1) is 5.41 Å². The number of amides is 2. The summed E-state index contributed by atoms with van der Waals surface area (Å²) in [7, 11) is 0. The van der Waals surface area contributed by atoms with Crippen LogP contribution in [0.5, 0.6) is 0 Å². The zero-order valence-electron chi connectivity index (χ0n) is 11.0. The molecule has 2 amide bonds. The highest BCUT2D eigenvalue weighted by atomic mass is 16.2. The Balaban J connectivity index is 1.90. The highest BCUT2D eigenvalue weighted by Crippen LogP contribution is 2.39. The molecule has 1 aliphatic heterocycles. The molecule has 2 fully saturated rings. The molecular weight excluding hydrogens is 216 g/mol. The van der Waals surface area contributed by atoms with Crippen LogP contribution in [0.4, 0.5) is 0 Å². The van der Waals surface area contributed by atoms with Crippen molar-refractivity contribution in [2.75, 3.05) is 6.54 Å². The fourth-order valence-corrected chi connectivity index (χ4v) is 2.68. The Labute approximate surface area is 103 Å². The van der Waals surface area contributed by atoms with Gasteiger partial charge in [-0.05, 0) is 32.1 Å². The second kappa shape index (κ2) is 4.41. The monoisotopic (exact) mass is 238 g/mol. The van der Waals surface area contributed by atoms with Crippen LogP contribution in [0.25, 0.3) is 0 Å². The molecule has 1 saturated carbocycles. The normalized spacial score (nSPS) is 27.8. The lowest BCUT2D eigenvalue weighted by Gasteiger charge is -2.39. The maximum Gasteiger partial charge on any atom is 0.247 e. The zero-order valence-corrected chi connectivity index (χ0v) is 11.0. The number of rotatable bonds is 4. The first kappa shape index (κ1) is 12.6. The third-order valence-corrected chi connectivity index (χ3v) is 4.04. The average molecular weight is 238 g/mol. The summed E-state index contributed by atoms with van der Waals surface area (Å²) < 4.78 is 0. The van der Waals surface area contributed by atoms with Crippen molar-refractivity contribution in [2.24, 2.45) is 5.41 Å². The van der Waals surface area contributed by atoms with E-state index in [0.29, 0.717) is 11.8 Å². The van der Waals surface area contributed by atoms with Gasteiger partial charge in [-0.25, -0.2) is 0 Å². The fourth-order valence-electron chi connectivity index (χ4n) is 2.68. The summed E-state index contributed by atoms with van der Waals surface area (Å²) in [6, 6.07) is -0.316. The third-order valence-electron chi connectivity index (χ3n) is 4.04. The quantitative estimate of drug-likeness (QED) is 0.751. The largest absolute Gasteiger partial charge is 0.305 e. The summed E-state index contributed by atoms with van der Waals surface area (Å²) in [6.45, 7) is 6.85. The van der Waals surface area contributed by atoms with Crippen molar-refractivity contribution >= 4 is 11.8 Å². The molecule has 1 atom stereocenters. The van der Waals surface area contributed by atoms with Gasteiger partial charge in [0, 0.05) is 12.6 Å². The summed E-state index contributed by atoms with van der Waals surface area (Å²) >= 11 is 0. The van der Waals surface area contributed by atoms with Gasteiger partial charge >= 0.3 is 0 Å². The van der Waals surface area contributed by atoms with Gasteiger partial charge in [0.05, 0.1) is 12.5 Å². The molecule has 1 N–H and O–H groups in total. The van der Waals surface area contributed by atoms with Crippen molar-refractivity contribution in [1.29, 1.82) is 0 Å². The van der Waals surface area contributed by atoms with Crippen LogP contribution in [0.15, 0.2) is 0 Å². The van der Waals surface area contributed by atoms with Crippen molar-refractivity contribution in [3.8, 4) is 0 Å². The van der Waals surface area contributed by atoms with Crippen LogP contribution in [0.2, 0.25) is 0 Å². The Morgan fingerprint density at radius 2 is 2.06 bits per heavy atom. The van der Waals surface area contributed by atoms with E-state index in [9.17, 15) is 9.59 Å². The Hall–Kier alpha value is -0.900. The molecule has 1 unspecified atom stereocenters. The van der Waals surface area contributed by atoms with E-state index < -0.39 is 0 Å². The van der Waals surface area contributed by atoms with E-state index in [1.54, 1.807) is 0 Å². The van der Waals surface area contributed by atoms with Crippen LogP contribution >= 0.6 is 0 Å². The molecule has 0 bridgehead atoms. The number of hydrogen-bond acceptors (Lipinski definition) is 3. The Bertz CT molecular complexity index is 334. The predicted octanol–water partition coefficient (Wildman–Crippen LogP) is 1.30. The van der Waals surface area contributed by atoms with Crippen molar-refractivity contribution in [1.82, 2.24) is 10.2 Å². The van der Waals surface area contributed by atoms with Gasteiger partial charge in [-0.1, -0.05) is 13.3 Å². The van der Waals surface area contributed by atoms with Crippen molar-refractivity contribution < 1.29 is 9.59 Å². The van der Waals surface area contributed by atoms with Gasteiger partial charge in [0.1, 0.15) is 0 Å². The summed E-state index contributed by atoms with van der Waals surface area (Å²) in [6.07, 6.45) is 4.06. The molecular formula is C13H22N2O2. The summed E-state index contributed by atoms with van der Waals surface area (Å²) in [5, 5.41) is 3.28. The minimum absolute atomic E-state index is 0.0268. The van der Waals surface area contributed by atoms with Gasteiger partial charge in [-0.15, -0.1) is 0 Å². The first-order valence-corrected chi connectivity index (χ1v) is 6.52. The summed E-state index contributed by atoms with van der Waals surface area (Å²) in [5.74, 6) is -0.0887. The van der Waals surface area contributed by atoms with E-state index in [1.165, 1.54) is 24.2 Å². The highest BCUT2D eigenvalue weighted by Gasteiger charge is 2.41. The van der Waals surface area contributed by atoms with E-state index >= 15 is 0 Å². The molecule has 1 saturated heterocycles. The summed E-state index contributed by atoms with van der Waals surface area (Å²) in [5.41, 5.74) is 0.342. The molecule has 0 radical (unpaired) electrons. The van der Waals surface area contributed by atoms with Gasteiger partial charge < -0.3 is 5.32 Å².